The van der Waals surface area contributed by atoms with Crippen molar-refractivity contribution in [2.24, 2.45) is 0 Å². The largest absolute Gasteiger partial charge is 0.394 e. The predicted molar refractivity (Wildman–Crippen MR) is 53.8 cm³/mol. The minimum absolute atomic E-state index is 0.0393. The van der Waals surface area contributed by atoms with Crippen molar-refractivity contribution in [2.45, 2.75) is 25.3 Å². The van der Waals surface area contributed by atoms with Crippen LogP contribution >= 0.6 is 0 Å². The first-order valence-corrected chi connectivity index (χ1v) is 4.87. The summed E-state index contributed by atoms with van der Waals surface area (Å²) in [6.07, 6.45) is 1.49. The molecule has 0 amide bonds. The van der Waals surface area contributed by atoms with Crippen LogP contribution in [-0.4, -0.2) is 17.3 Å². The van der Waals surface area contributed by atoms with Crippen molar-refractivity contribution in [3.05, 3.63) is 29.6 Å². The van der Waals surface area contributed by atoms with Gasteiger partial charge < -0.3 is 10.4 Å². The van der Waals surface area contributed by atoms with E-state index in [2.05, 4.69) is 5.32 Å². The lowest BCUT2D eigenvalue weighted by atomic mass is 9.93. The van der Waals surface area contributed by atoms with E-state index in [4.69, 9.17) is 0 Å². The molecule has 0 fully saturated rings. The van der Waals surface area contributed by atoms with E-state index in [0.717, 1.165) is 12.0 Å². The van der Waals surface area contributed by atoms with Crippen molar-refractivity contribution in [1.29, 1.82) is 0 Å². The standard InChI is InChI=1S/C11H14FNO/c1-2-11(7-14)6-8-4-3-5-9(12)10(8)13-11/h3-5,13-14H,2,6-7H2,1H3. The van der Waals surface area contributed by atoms with Gasteiger partial charge in [-0.3, -0.25) is 0 Å². The molecule has 1 aliphatic rings. The van der Waals surface area contributed by atoms with Crippen LogP contribution in [0, 0.1) is 5.82 Å². The Balaban J connectivity index is 2.38. The lowest BCUT2D eigenvalue weighted by Crippen LogP contribution is -2.39. The number of anilines is 1. The van der Waals surface area contributed by atoms with Gasteiger partial charge in [0.25, 0.3) is 0 Å². The molecule has 1 aliphatic heterocycles. The molecule has 0 radical (unpaired) electrons. The monoisotopic (exact) mass is 195 g/mol. The second kappa shape index (κ2) is 3.24. The molecule has 1 unspecified atom stereocenters. The van der Waals surface area contributed by atoms with Crippen molar-refractivity contribution in [1.82, 2.24) is 0 Å². The highest BCUT2D eigenvalue weighted by Gasteiger charge is 2.35. The third-order valence-electron chi connectivity index (χ3n) is 3.00. The van der Waals surface area contributed by atoms with Crippen molar-refractivity contribution in [2.75, 3.05) is 11.9 Å². The highest BCUT2D eigenvalue weighted by Crippen LogP contribution is 2.35. The molecule has 1 aromatic rings. The van der Waals surface area contributed by atoms with Crippen LogP contribution in [0.2, 0.25) is 0 Å². The van der Waals surface area contributed by atoms with E-state index in [1.165, 1.54) is 6.07 Å². The number of para-hydroxylation sites is 1. The average molecular weight is 195 g/mol. The van der Waals surface area contributed by atoms with E-state index >= 15 is 0 Å². The lowest BCUT2D eigenvalue weighted by Gasteiger charge is -2.25. The second-order valence-electron chi connectivity index (χ2n) is 3.87. The van der Waals surface area contributed by atoms with E-state index in [1.807, 2.05) is 13.0 Å². The summed E-state index contributed by atoms with van der Waals surface area (Å²) in [6.45, 7) is 2.03. The third kappa shape index (κ3) is 1.28. The fourth-order valence-corrected chi connectivity index (χ4v) is 1.95. The number of aliphatic hydroxyl groups excluding tert-OH is 1. The molecule has 0 bridgehead atoms. The first kappa shape index (κ1) is 9.46. The Kier molecular flexibility index (Phi) is 2.19. The molecular weight excluding hydrogens is 181 g/mol. The molecule has 1 atom stereocenters. The number of benzene rings is 1. The maximum Gasteiger partial charge on any atom is 0.146 e. The van der Waals surface area contributed by atoms with Gasteiger partial charge in [0, 0.05) is 0 Å². The zero-order valence-corrected chi connectivity index (χ0v) is 8.18. The molecule has 2 rings (SSSR count). The molecule has 1 heterocycles. The van der Waals surface area contributed by atoms with Gasteiger partial charge in [0.2, 0.25) is 0 Å². The highest BCUT2D eigenvalue weighted by atomic mass is 19.1. The maximum atomic E-state index is 13.4. The normalized spacial score (nSPS) is 24.5. The van der Waals surface area contributed by atoms with Crippen LogP contribution in [0.1, 0.15) is 18.9 Å². The Morgan fingerprint density at radius 2 is 2.36 bits per heavy atom. The lowest BCUT2D eigenvalue weighted by molar-refractivity contribution is 0.211. The molecule has 0 saturated heterocycles. The Bertz CT molecular complexity index is 347. The van der Waals surface area contributed by atoms with Crippen LogP contribution in [0.4, 0.5) is 10.1 Å². The number of hydrogen-bond acceptors (Lipinski definition) is 2. The third-order valence-corrected chi connectivity index (χ3v) is 3.00. The molecule has 1 aromatic carbocycles. The number of aliphatic hydroxyl groups is 1. The van der Waals surface area contributed by atoms with Gasteiger partial charge in [-0.2, -0.15) is 0 Å². The zero-order valence-electron chi connectivity index (χ0n) is 8.18. The average Bonchev–Trinajstić information content (AvgIpc) is 2.59. The van der Waals surface area contributed by atoms with Crippen molar-refractivity contribution in [3.63, 3.8) is 0 Å². The summed E-state index contributed by atoms with van der Waals surface area (Å²) >= 11 is 0. The number of hydrogen-bond donors (Lipinski definition) is 2. The van der Waals surface area contributed by atoms with Crippen LogP contribution in [0.5, 0.6) is 0 Å². The van der Waals surface area contributed by atoms with Crippen LogP contribution < -0.4 is 5.32 Å². The predicted octanol–water partition coefficient (Wildman–Crippen LogP) is 1.93. The molecule has 0 aliphatic carbocycles. The Labute approximate surface area is 82.8 Å². The van der Waals surface area contributed by atoms with E-state index < -0.39 is 0 Å². The fraction of sp³-hybridized carbons (Fsp3) is 0.455. The molecule has 3 heteroatoms. The summed E-state index contributed by atoms with van der Waals surface area (Å²) < 4.78 is 13.4. The summed E-state index contributed by atoms with van der Waals surface area (Å²) in [6, 6.07) is 5.05. The van der Waals surface area contributed by atoms with E-state index in [9.17, 15) is 9.50 Å². The van der Waals surface area contributed by atoms with Crippen LogP contribution in [-0.2, 0) is 6.42 Å². The minimum Gasteiger partial charge on any atom is -0.394 e. The van der Waals surface area contributed by atoms with Gasteiger partial charge in [-0.25, -0.2) is 4.39 Å². The van der Waals surface area contributed by atoms with Crippen molar-refractivity contribution in [3.8, 4) is 0 Å². The van der Waals surface area contributed by atoms with Gasteiger partial charge in [0.05, 0.1) is 17.8 Å². The molecule has 14 heavy (non-hydrogen) atoms. The van der Waals surface area contributed by atoms with Crippen LogP contribution in [0.15, 0.2) is 18.2 Å². The first-order valence-electron chi connectivity index (χ1n) is 4.87. The van der Waals surface area contributed by atoms with Gasteiger partial charge in [0.1, 0.15) is 5.82 Å². The minimum atomic E-state index is -0.357. The molecule has 0 saturated carbocycles. The summed E-state index contributed by atoms with van der Waals surface area (Å²) in [7, 11) is 0. The van der Waals surface area contributed by atoms with Gasteiger partial charge in [-0.1, -0.05) is 19.1 Å². The zero-order chi connectivity index (χ0) is 10.2. The topological polar surface area (TPSA) is 32.3 Å². The highest BCUT2D eigenvalue weighted by molar-refractivity contribution is 5.59. The maximum absolute atomic E-state index is 13.4. The van der Waals surface area contributed by atoms with E-state index in [-0.39, 0.29) is 18.0 Å². The van der Waals surface area contributed by atoms with Gasteiger partial charge in [-0.05, 0) is 24.5 Å². The first-order chi connectivity index (χ1) is 6.71. The molecule has 2 nitrogen and oxygen atoms in total. The fourth-order valence-electron chi connectivity index (χ4n) is 1.95. The summed E-state index contributed by atoms with van der Waals surface area (Å²) in [5.41, 5.74) is 1.16. The Morgan fingerprint density at radius 1 is 1.57 bits per heavy atom. The summed E-state index contributed by atoms with van der Waals surface area (Å²) in [4.78, 5) is 0. The van der Waals surface area contributed by atoms with E-state index in [0.29, 0.717) is 12.1 Å². The van der Waals surface area contributed by atoms with Crippen LogP contribution in [0.25, 0.3) is 0 Å². The SMILES string of the molecule is CCC1(CO)Cc2cccc(F)c2N1. The Morgan fingerprint density at radius 3 is 2.93 bits per heavy atom. The molecule has 0 aromatic heterocycles. The molecular formula is C11H14FNO. The number of nitrogens with one attached hydrogen (secondary N) is 1. The Hall–Kier alpha value is -1.09. The number of fused-ring (bicyclic) bond motifs is 1. The van der Waals surface area contributed by atoms with Crippen molar-refractivity contribution >= 4 is 5.69 Å². The van der Waals surface area contributed by atoms with Crippen molar-refractivity contribution < 1.29 is 9.50 Å². The second-order valence-corrected chi connectivity index (χ2v) is 3.87. The molecule has 76 valence electrons. The summed E-state index contributed by atoms with van der Waals surface area (Å²) in [5, 5.41) is 12.4. The molecule has 0 spiro atoms. The van der Waals surface area contributed by atoms with Crippen LogP contribution in [0.3, 0.4) is 0 Å². The number of halogens is 1. The van der Waals surface area contributed by atoms with Gasteiger partial charge in [-0.15, -0.1) is 0 Å². The van der Waals surface area contributed by atoms with Gasteiger partial charge in [0.15, 0.2) is 0 Å². The quantitative estimate of drug-likeness (QED) is 0.755. The van der Waals surface area contributed by atoms with Gasteiger partial charge >= 0.3 is 0 Å². The summed E-state index contributed by atoms with van der Waals surface area (Å²) in [5.74, 6) is -0.230. The van der Waals surface area contributed by atoms with E-state index in [1.54, 1.807) is 6.07 Å². The number of rotatable bonds is 2. The smallest absolute Gasteiger partial charge is 0.146 e. The molecule has 2 N–H and O–H groups in total.